The van der Waals surface area contributed by atoms with E-state index in [1.54, 1.807) is 19.2 Å². The molecule has 1 rings (SSSR count). The Morgan fingerprint density at radius 1 is 1.33 bits per heavy atom. The minimum atomic E-state index is -0.939. The molecule has 0 aromatic heterocycles. The van der Waals surface area contributed by atoms with Crippen LogP contribution in [0.1, 0.15) is 13.3 Å². The fourth-order valence-corrected chi connectivity index (χ4v) is 1.70. The highest BCUT2D eigenvalue weighted by Gasteiger charge is 2.26. The highest BCUT2D eigenvalue weighted by atomic mass is 16.5. The van der Waals surface area contributed by atoms with Crippen LogP contribution in [0.5, 0.6) is 0 Å². The van der Waals surface area contributed by atoms with Crippen molar-refractivity contribution in [2.45, 2.75) is 13.3 Å². The molecule has 0 saturated heterocycles. The van der Waals surface area contributed by atoms with E-state index < -0.39 is 17.7 Å². The van der Waals surface area contributed by atoms with Gasteiger partial charge in [-0.05, 0) is 24.6 Å². The lowest BCUT2D eigenvalue weighted by Gasteiger charge is -2.19. The summed E-state index contributed by atoms with van der Waals surface area (Å²) in [6.45, 7) is 1.97. The summed E-state index contributed by atoms with van der Waals surface area (Å²) in [7, 11) is 1.55. The average molecular weight is 293 g/mol. The summed E-state index contributed by atoms with van der Waals surface area (Å²) in [5.74, 6) is -2.34. The maximum atomic E-state index is 12.1. The van der Waals surface area contributed by atoms with E-state index >= 15 is 0 Å². The lowest BCUT2D eigenvalue weighted by atomic mass is 10.2. The molecular weight excluding hydrogens is 274 g/mol. The van der Waals surface area contributed by atoms with Crippen molar-refractivity contribution in [3.05, 3.63) is 24.3 Å². The van der Waals surface area contributed by atoms with Crippen molar-refractivity contribution < 1.29 is 19.1 Å². The predicted octanol–water partition coefficient (Wildman–Crippen LogP) is 0.301. The average Bonchev–Trinajstić information content (AvgIpc) is 2.43. The summed E-state index contributed by atoms with van der Waals surface area (Å²) in [5.41, 5.74) is 6.28. The SMILES string of the molecule is COCCCNC(=O)C(=O)N(C(C)=O)c1cccc(N)c1. The van der Waals surface area contributed by atoms with Crippen LogP contribution in [0.15, 0.2) is 24.3 Å². The molecule has 7 heteroatoms. The molecule has 0 fully saturated rings. The van der Waals surface area contributed by atoms with E-state index in [4.69, 9.17) is 10.5 Å². The Bertz CT molecular complexity index is 531. The molecule has 3 N–H and O–H groups in total. The number of anilines is 2. The van der Waals surface area contributed by atoms with E-state index in [-0.39, 0.29) is 5.69 Å². The first-order chi connectivity index (χ1) is 9.97. The van der Waals surface area contributed by atoms with Crippen LogP contribution in [0.25, 0.3) is 0 Å². The Kier molecular flexibility index (Phi) is 6.35. The summed E-state index contributed by atoms with van der Waals surface area (Å²) in [6.07, 6.45) is 0.577. The smallest absolute Gasteiger partial charge is 0.323 e. The minimum absolute atomic E-state index is 0.263. The number of nitrogen functional groups attached to an aromatic ring is 1. The number of imide groups is 1. The van der Waals surface area contributed by atoms with Gasteiger partial charge >= 0.3 is 11.8 Å². The van der Waals surface area contributed by atoms with Crippen molar-refractivity contribution in [3.8, 4) is 0 Å². The van der Waals surface area contributed by atoms with Gasteiger partial charge in [-0.2, -0.15) is 0 Å². The maximum absolute atomic E-state index is 12.1. The molecule has 3 amide bonds. The number of carbonyl (C=O) groups is 3. The molecule has 1 aromatic carbocycles. The van der Waals surface area contributed by atoms with E-state index in [2.05, 4.69) is 5.32 Å². The first-order valence-corrected chi connectivity index (χ1v) is 6.44. The van der Waals surface area contributed by atoms with Crippen LogP contribution in [-0.2, 0) is 19.1 Å². The summed E-state index contributed by atoms with van der Waals surface area (Å²) in [4.78, 5) is 36.3. The van der Waals surface area contributed by atoms with Gasteiger partial charge in [-0.1, -0.05) is 6.07 Å². The number of ether oxygens (including phenoxy) is 1. The molecule has 1 aromatic rings. The molecule has 0 bridgehead atoms. The zero-order valence-electron chi connectivity index (χ0n) is 12.1. The first kappa shape index (κ1) is 16.6. The number of methoxy groups -OCH3 is 1. The number of benzene rings is 1. The van der Waals surface area contributed by atoms with Crippen molar-refractivity contribution >= 4 is 29.1 Å². The van der Waals surface area contributed by atoms with E-state index in [0.29, 0.717) is 25.3 Å². The molecule has 0 saturated carbocycles. The third-order valence-electron chi connectivity index (χ3n) is 2.65. The minimum Gasteiger partial charge on any atom is -0.399 e. The second-order valence-electron chi connectivity index (χ2n) is 4.36. The van der Waals surface area contributed by atoms with E-state index in [0.717, 1.165) is 4.90 Å². The number of carbonyl (C=O) groups excluding carboxylic acids is 3. The topological polar surface area (TPSA) is 102 Å². The molecule has 0 heterocycles. The van der Waals surface area contributed by atoms with Crippen LogP contribution in [0.2, 0.25) is 0 Å². The fourth-order valence-electron chi connectivity index (χ4n) is 1.70. The standard InChI is InChI=1S/C14H19N3O4/c1-10(18)17(12-6-3-5-11(15)9-12)14(20)13(19)16-7-4-8-21-2/h3,5-6,9H,4,7-8,15H2,1-2H3,(H,16,19). The Balaban J connectivity index is 2.79. The van der Waals surface area contributed by atoms with Gasteiger partial charge in [0.05, 0.1) is 5.69 Å². The fraction of sp³-hybridized carbons (Fsp3) is 0.357. The number of rotatable bonds is 5. The van der Waals surface area contributed by atoms with Crippen LogP contribution < -0.4 is 16.0 Å². The van der Waals surface area contributed by atoms with Crippen LogP contribution in [0.4, 0.5) is 11.4 Å². The highest BCUT2D eigenvalue weighted by molar-refractivity contribution is 6.45. The third kappa shape index (κ3) is 4.88. The van der Waals surface area contributed by atoms with Crippen molar-refractivity contribution in [2.24, 2.45) is 0 Å². The third-order valence-corrected chi connectivity index (χ3v) is 2.65. The molecule has 114 valence electrons. The highest BCUT2D eigenvalue weighted by Crippen LogP contribution is 2.18. The zero-order chi connectivity index (χ0) is 15.8. The number of nitrogens with two attached hydrogens (primary N) is 1. The quantitative estimate of drug-likeness (QED) is 0.462. The number of hydrogen-bond donors (Lipinski definition) is 2. The van der Waals surface area contributed by atoms with E-state index in [1.807, 2.05) is 0 Å². The van der Waals surface area contributed by atoms with Gasteiger partial charge in [0.15, 0.2) is 0 Å². The van der Waals surface area contributed by atoms with Gasteiger partial charge in [0.2, 0.25) is 5.91 Å². The van der Waals surface area contributed by atoms with Crippen LogP contribution in [-0.4, -0.2) is 38.0 Å². The van der Waals surface area contributed by atoms with Gasteiger partial charge in [-0.25, -0.2) is 4.90 Å². The molecule has 21 heavy (non-hydrogen) atoms. The van der Waals surface area contributed by atoms with Crippen molar-refractivity contribution in [1.82, 2.24) is 5.32 Å². The van der Waals surface area contributed by atoms with Gasteiger partial charge in [0.25, 0.3) is 0 Å². The van der Waals surface area contributed by atoms with Gasteiger partial charge in [-0.3, -0.25) is 14.4 Å². The van der Waals surface area contributed by atoms with Crippen LogP contribution in [0, 0.1) is 0 Å². The second kappa shape index (κ2) is 8.01. The Morgan fingerprint density at radius 2 is 2.05 bits per heavy atom. The first-order valence-electron chi connectivity index (χ1n) is 6.44. The van der Waals surface area contributed by atoms with Crippen molar-refractivity contribution in [2.75, 3.05) is 30.9 Å². The molecule has 0 aliphatic carbocycles. The van der Waals surface area contributed by atoms with E-state index in [1.165, 1.54) is 19.1 Å². The summed E-state index contributed by atoms with van der Waals surface area (Å²) in [6, 6.07) is 6.22. The number of nitrogens with one attached hydrogen (secondary N) is 1. The molecule has 0 aliphatic heterocycles. The monoisotopic (exact) mass is 293 g/mol. The molecular formula is C14H19N3O4. The lowest BCUT2D eigenvalue weighted by molar-refractivity contribution is -0.139. The molecule has 0 unspecified atom stereocenters. The van der Waals surface area contributed by atoms with Gasteiger partial charge in [0.1, 0.15) is 0 Å². The van der Waals surface area contributed by atoms with E-state index in [9.17, 15) is 14.4 Å². The van der Waals surface area contributed by atoms with Crippen LogP contribution >= 0.6 is 0 Å². The summed E-state index contributed by atoms with van der Waals surface area (Å²) in [5, 5.41) is 2.44. The molecule has 0 aliphatic rings. The van der Waals surface area contributed by atoms with Gasteiger partial charge in [-0.15, -0.1) is 0 Å². The van der Waals surface area contributed by atoms with Crippen molar-refractivity contribution in [3.63, 3.8) is 0 Å². The van der Waals surface area contributed by atoms with Gasteiger partial charge < -0.3 is 15.8 Å². The largest absolute Gasteiger partial charge is 0.399 e. The van der Waals surface area contributed by atoms with Gasteiger partial charge in [0, 0.05) is 32.9 Å². The van der Waals surface area contributed by atoms with Crippen molar-refractivity contribution in [1.29, 1.82) is 0 Å². The number of hydrogen-bond acceptors (Lipinski definition) is 5. The number of nitrogens with zero attached hydrogens (tertiary/aromatic N) is 1. The molecule has 0 spiro atoms. The maximum Gasteiger partial charge on any atom is 0.323 e. The molecule has 0 radical (unpaired) electrons. The Labute approximate surface area is 123 Å². The van der Waals surface area contributed by atoms with Crippen LogP contribution in [0.3, 0.4) is 0 Å². The molecule has 7 nitrogen and oxygen atoms in total. The second-order valence-corrected chi connectivity index (χ2v) is 4.36. The zero-order valence-corrected chi connectivity index (χ0v) is 12.1. The lowest BCUT2D eigenvalue weighted by Crippen LogP contribution is -2.45. The predicted molar refractivity (Wildman–Crippen MR) is 78.5 cm³/mol. The Morgan fingerprint density at radius 3 is 2.62 bits per heavy atom. The molecule has 0 atom stereocenters. The summed E-state index contributed by atoms with van der Waals surface area (Å²) < 4.78 is 4.84. The Hall–Kier alpha value is -2.41. The summed E-state index contributed by atoms with van der Waals surface area (Å²) >= 11 is 0. The normalized spacial score (nSPS) is 10.0. The number of amides is 3.